The molecule has 0 radical (unpaired) electrons. The van der Waals surface area contributed by atoms with Crippen molar-refractivity contribution in [1.29, 1.82) is 0 Å². The zero-order valence-electron chi connectivity index (χ0n) is 12.1. The second kappa shape index (κ2) is 7.74. The summed E-state index contributed by atoms with van der Waals surface area (Å²) in [5, 5.41) is 6.00. The van der Waals surface area contributed by atoms with Gasteiger partial charge in [0.2, 0.25) is 0 Å². The van der Waals surface area contributed by atoms with Crippen LogP contribution in [-0.4, -0.2) is 29.6 Å². The predicted molar refractivity (Wildman–Crippen MR) is 75.0 cm³/mol. The monoisotopic (exact) mass is 265 g/mol. The van der Waals surface area contributed by atoms with Gasteiger partial charge in [-0.1, -0.05) is 13.8 Å². The van der Waals surface area contributed by atoms with Gasteiger partial charge >= 0.3 is 0 Å². The quantitative estimate of drug-likeness (QED) is 0.784. The Balaban J connectivity index is 2.49. The highest BCUT2D eigenvalue weighted by Crippen LogP contribution is 2.11. The van der Waals surface area contributed by atoms with Gasteiger partial charge in [-0.05, 0) is 26.0 Å². The molecule has 1 aromatic rings. The second-order valence-electron chi connectivity index (χ2n) is 4.68. The van der Waals surface area contributed by atoms with E-state index in [4.69, 9.17) is 4.74 Å². The van der Waals surface area contributed by atoms with Crippen molar-refractivity contribution in [2.24, 2.45) is 0 Å². The molecule has 5 nitrogen and oxygen atoms in total. The molecule has 106 valence electrons. The van der Waals surface area contributed by atoms with E-state index in [0.717, 1.165) is 12.2 Å². The van der Waals surface area contributed by atoms with Crippen LogP contribution in [-0.2, 0) is 11.3 Å². The average Bonchev–Trinajstić information content (AvgIpc) is 2.38. The number of carbonyl (C=O) groups excluding carboxylic acids is 1. The first-order valence-corrected chi connectivity index (χ1v) is 6.65. The van der Waals surface area contributed by atoms with Crippen LogP contribution in [0.3, 0.4) is 0 Å². The molecule has 0 aliphatic carbocycles. The standard InChI is InChI=1S/C14H23N3O2/c1-5-15-14(18)11(4)19-13-7-6-12(17-9-13)8-16-10(2)3/h6-7,9-11,16H,5,8H2,1-4H3,(H,15,18). The molecule has 0 spiro atoms. The Morgan fingerprint density at radius 1 is 1.37 bits per heavy atom. The largest absolute Gasteiger partial charge is 0.479 e. The van der Waals surface area contributed by atoms with Crippen LogP contribution >= 0.6 is 0 Å². The number of amides is 1. The number of hydrogen-bond donors (Lipinski definition) is 2. The molecule has 19 heavy (non-hydrogen) atoms. The van der Waals surface area contributed by atoms with Crippen LogP contribution in [0, 0.1) is 0 Å². The molecular weight excluding hydrogens is 242 g/mol. The first-order chi connectivity index (χ1) is 9.02. The highest BCUT2D eigenvalue weighted by molar-refractivity contribution is 5.80. The van der Waals surface area contributed by atoms with Crippen molar-refractivity contribution in [3.8, 4) is 5.75 Å². The van der Waals surface area contributed by atoms with Gasteiger partial charge in [0.15, 0.2) is 6.10 Å². The average molecular weight is 265 g/mol. The Kier molecular flexibility index (Phi) is 6.29. The molecule has 0 fully saturated rings. The number of nitrogens with zero attached hydrogens (tertiary/aromatic N) is 1. The van der Waals surface area contributed by atoms with Crippen molar-refractivity contribution < 1.29 is 9.53 Å². The van der Waals surface area contributed by atoms with Crippen molar-refractivity contribution in [3.05, 3.63) is 24.0 Å². The maximum atomic E-state index is 11.5. The highest BCUT2D eigenvalue weighted by atomic mass is 16.5. The molecule has 1 heterocycles. The summed E-state index contributed by atoms with van der Waals surface area (Å²) in [6.07, 6.45) is 1.13. The maximum absolute atomic E-state index is 11.5. The number of ether oxygens (including phenoxy) is 1. The summed E-state index contributed by atoms with van der Waals surface area (Å²) in [7, 11) is 0. The summed E-state index contributed by atoms with van der Waals surface area (Å²) >= 11 is 0. The van der Waals surface area contributed by atoms with Crippen LogP contribution in [0.25, 0.3) is 0 Å². The van der Waals surface area contributed by atoms with Crippen LogP contribution in [0.5, 0.6) is 5.75 Å². The lowest BCUT2D eigenvalue weighted by molar-refractivity contribution is -0.127. The van der Waals surface area contributed by atoms with Crippen molar-refractivity contribution in [1.82, 2.24) is 15.6 Å². The van der Waals surface area contributed by atoms with E-state index >= 15 is 0 Å². The SMILES string of the molecule is CCNC(=O)C(C)Oc1ccc(CNC(C)C)nc1. The summed E-state index contributed by atoms with van der Waals surface area (Å²) in [6, 6.07) is 4.16. The van der Waals surface area contributed by atoms with Crippen LogP contribution in [0.4, 0.5) is 0 Å². The number of pyridine rings is 1. The molecule has 0 bridgehead atoms. The Hall–Kier alpha value is -1.62. The predicted octanol–water partition coefficient (Wildman–Crippen LogP) is 1.48. The van der Waals surface area contributed by atoms with E-state index in [0.29, 0.717) is 18.3 Å². The van der Waals surface area contributed by atoms with Gasteiger partial charge in [0, 0.05) is 19.1 Å². The van der Waals surface area contributed by atoms with Gasteiger partial charge in [-0.25, -0.2) is 0 Å². The zero-order valence-corrected chi connectivity index (χ0v) is 12.1. The molecule has 0 aromatic carbocycles. The molecule has 5 heteroatoms. The molecule has 1 amide bonds. The molecule has 1 rings (SSSR count). The fourth-order valence-electron chi connectivity index (χ4n) is 1.47. The Morgan fingerprint density at radius 3 is 2.63 bits per heavy atom. The minimum absolute atomic E-state index is 0.118. The lowest BCUT2D eigenvalue weighted by Gasteiger charge is -2.14. The summed E-state index contributed by atoms with van der Waals surface area (Å²) < 4.78 is 5.51. The smallest absolute Gasteiger partial charge is 0.260 e. The number of nitrogens with one attached hydrogen (secondary N) is 2. The molecule has 1 unspecified atom stereocenters. The Bertz CT molecular complexity index is 390. The molecule has 1 aromatic heterocycles. The van der Waals surface area contributed by atoms with Gasteiger partial charge in [0.25, 0.3) is 5.91 Å². The summed E-state index contributed by atoms with van der Waals surface area (Å²) in [5.74, 6) is 0.486. The number of rotatable bonds is 7. The van der Waals surface area contributed by atoms with E-state index in [9.17, 15) is 4.79 Å². The van der Waals surface area contributed by atoms with Gasteiger partial charge in [0.1, 0.15) is 5.75 Å². The Morgan fingerprint density at radius 2 is 2.11 bits per heavy atom. The van der Waals surface area contributed by atoms with Gasteiger partial charge in [-0.3, -0.25) is 9.78 Å². The van der Waals surface area contributed by atoms with Gasteiger partial charge in [-0.15, -0.1) is 0 Å². The minimum Gasteiger partial charge on any atom is -0.479 e. The van der Waals surface area contributed by atoms with Crippen molar-refractivity contribution >= 4 is 5.91 Å². The normalized spacial score (nSPS) is 12.3. The minimum atomic E-state index is -0.513. The summed E-state index contributed by atoms with van der Waals surface area (Å²) in [5.41, 5.74) is 0.951. The third-order valence-corrected chi connectivity index (χ3v) is 2.52. The fraction of sp³-hybridized carbons (Fsp3) is 0.571. The van der Waals surface area contributed by atoms with E-state index in [1.165, 1.54) is 0 Å². The van der Waals surface area contributed by atoms with Crippen molar-refractivity contribution in [2.45, 2.75) is 46.4 Å². The first-order valence-electron chi connectivity index (χ1n) is 6.65. The van der Waals surface area contributed by atoms with Gasteiger partial charge in [-0.2, -0.15) is 0 Å². The van der Waals surface area contributed by atoms with Crippen LogP contribution in [0.1, 0.15) is 33.4 Å². The van der Waals surface area contributed by atoms with Crippen LogP contribution in [0.2, 0.25) is 0 Å². The third kappa shape index (κ3) is 5.70. The Labute approximate surface area is 114 Å². The maximum Gasteiger partial charge on any atom is 0.260 e. The van der Waals surface area contributed by atoms with E-state index < -0.39 is 6.10 Å². The van der Waals surface area contributed by atoms with E-state index in [2.05, 4.69) is 29.5 Å². The molecular formula is C14H23N3O2. The van der Waals surface area contributed by atoms with Gasteiger partial charge < -0.3 is 15.4 Å². The summed E-state index contributed by atoms with van der Waals surface area (Å²) in [4.78, 5) is 15.8. The molecule has 0 saturated heterocycles. The van der Waals surface area contributed by atoms with E-state index in [1.807, 2.05) is 19.1 Å². The molecule has 1 atom stereocenters. The van der Waals surface area contributed by atoms with E-state index in [1.54, 1.807) is 13.1 Å². The lowest BCUT2D eigenvalue weighted by Crippen LogP contribution is -2.36. The topological polar surface area (TPSA) is 63.2 Å². The number of carbonyl (C=O) groups is 1. The van der Waals surface area contributed by atoms with E-state index in [-0.39, 0.29) is 5.91 Å². The molecule has 0 saturated carbocycles. The van der Waals surface area contributed by atoms with Crippen LogP contribution < -0.4 is 15.4 Å². The molecule has 0 aliphatic rings. The zero-order chi connectivity index (χ0) is 14.3. The first kappa shape index (κ1) is 15.4. The number of aromatic nitrogens is 1. The third-order valence-electron chi connectivity index (χ3n) is 2.52. The number of hydrogen-bond acceptors (Lipinski definition) is 4. The highest BCUT2D eigenvalue weighted by Gasteiger charge is 2.13. The molecule has 0 aliphatic heterocycles. The van der Waals surface area contributed by atoms with Crippen LogP contribution in [0.15, 0.2) is 18.3 Å². The second-order valence-corrected chi connectivity index (χ2v) is 4.68. The van der Waals surface area contributed by atoms with Gasteiger partial charge in [0.05, 0.1) is 11.9 Å². The number of likely N-dealkylation sites (N-methyl/N-ethyl adjacent to an activating group) is 1. The summed E-state index contributed by atoms with van der Waals surface area (Å²) in [6.45, 7) is 9.10. The van der Waals surface area contributed by atoms with Crippen molar-refractivity contribution in [3.63, 3.8) is 0 Å². The lowest BCUT2D eigenvalue weighted by atomic mass is 10.3. The molecule has 2 N–H and O–H groups in total. The van der Waals surface area contributed by atoms with Crippen molar-refractivity contribution in [2.75, 3.05) is 6.54 Å². The fourth-order valence-corrected chi connectivity index (χ4v) is 1.47.